The molecule has 0 aliphatic heterocycles. The molecule has 4 nitrogen and oxygen atoms in total. The van der Waals surface area contributed by atoms with Crippen LogP contribution in [-0.2, 0) is 13.1 Å². The molecular weight excluding hydrogens is 178 g/mol. The summed E-state index contributed by atoms with van der Waals surface area (Å²) in [6.45, 7) is 0.887. The first kappa shape index (κ1) is 9.43. The van der Waals surface area contributed by atoms with E-state index in [0.29, 0.717) is 19.2 Å². The highest BCUT2D eigenvalue weighted by Crippen LogP contribution is 2.27. The van der Waals surface area contributed by atoms with Gasteiger partial charge in [-0.2, -0.15) is 0 Å². The van der Waals surface area contributed by atoms with Gasteiger partial charge in [-0.3, -0.25) is 4.98 Å². The maximum atomic E-state index is 5.61. The zero-order valence-electron chi connectivity index (χ0n) is 8.07. The van der Waals surface area contributed by atoms with Crippen molar-refractivity contribution in [1.82, 2.24) is 4.98 Å². The van der Waals surface area contributed by atoms with Gasteiger partial charge >= 0.3 is 0 Å². The van der Waals surface area contributed by atoms with Crippen LogP contribution in [0.1, 0.15) is 24.1 Å². The number of nitrogens with two attached hydrogens (primary N) is 2. The Kier molecular flexibility index (Phi) is 2.65. The summed E-state index contributed by atoms with van der Waals surface area (Å²) in [5, 5.41) is 0. The van der Waals surface area contributed by atoms with Crippen LogP contribution in [0.2, 0.25) is 0 Å². The fourth-order valence-corrected chi connectivity index (χ4v) is 1.32. The Morgan fingerprint density at radius 3 is 2.71 bits per heavy atom. The normalized spacial score (nSPS) is 15.6. The van der Waals surface area contributed by atoms with Gasteiger partial charge in [0.25, 0.3) is 0 Å². The van der Waals surface area contributed by atoms with Gasteiger partial charge in [0.15, 0.2) is 0 Å². The van der Waals surface area contributed by atoms with Gasteiger partial charge in [0.2, 0.25) is 0 Å². The molecule has 1 fully saturated rings. The van der Waals surface area contributed by atoms with Crippen molar-refractivity contribution in [3.8, 4) is 5.75 Å². The van der Waals surface area contributed by atoms with Gasteiger partial charge in [0.05, 0.1) is 18.0 Å². The van der Waals surface area contributed by atoms with Gasteiger partial charge in [-0.1, -0.05) is 0 Å². The second kappa shape index (κ2) is 3.94. The summed E-state index contributed by atoms with van der Waals surface area (Å²) < 4.78 is 5.61. The monoisotopic (exact) mass is 193 g/mol. The second-order valence-corrected chi connectivity index (χ2v) is 3.50. The van der Waals surface area contributed by atoms with Gasteiger partial charge in [0.1, 0.15) is 5.75 Å². The minimum Gasteiger partial charge on any atom is -0.489 e. The number of nitrogens with zero attached hydrogens (tertiary/aromatic N) is 1. The first-order valence-corrected chi connectivity index (χ1v) is 4.88. The fourth-order valence-electron chi connectivity index (χ4n) is 1.32. The van der Waals surface area contributed by atoms with Crippen LogP contribution in [0.15, 0.2) is 12.3 Å². The molecule has 0 unspecified atom stereocenters. The third-order valence-electron chi connectivity index (χ3n) is 2.28. The van der Waals surface area contributed by atoms with Crippen LogP contribution < -0.4 is 16.2 Å². The van der Waals surface area contributed by atoms with E-state index in [0.717, 1.165) is 29.8 Å². The molecular formula is C10H15N3O. The summed E-state index contributed by atoms with van der Waals surface area (Å²) in [6.07, 6.45) is 4.42. The maximum Gasteiger partial charge on any atom is 0.138 e. The Labute approximate surface area is 83.3 Å². The van der Waals surface area contributed by atoms with E-state index >= 15 is 0 Å². The van der Waals surface area contributed by atoms with Gasteiger partial charge in [0, 0.05) is 13.1 Å². The number of pyridine rings is 1. The Morgan fingerprint density at radius 1 is 1.36 bits per heavy atom. The minimum absolute atomic E-state index is 0.395. The first-order valence-electron chi connectivity index (χ1n) is 4.88. The quantitative estimate of drug-likeness (QED) is 0.732. The van der Waals surface area contributed by atoms with Crippen LogP contribution in [0.4, 0.5) is 0 Å². The third-order valence-corrected chi connectivity index (χ3v) is 2.28. The largest absolute Gasteiger partial charge is 0.489 e. The van der Waals surface area contributed by atoms with Gasteiger partial charge < -0.3 is 16.2 Å². The fraction of sp³-hybridized carbons (Fsp3) is 0.500. The number of rotatable bonds is 4. The highest BCUT2D eigenvalue weighted by Gasteiger charge is 2.23. The summed E-state index contributed by atoms with van der Waals surface area (Å²) in [7, 11) is 0. The maximum absolute atomic E-state index is 5.61. The molecule has 1 heterocycles. The van der Waals surface area contributed by atoms with Crippen molar-refractivity contribution in [2.24, 2.45) is 11.5 Å². The number of hydrogen-bond acceptors (Lipinski definition) is 4. The van der Waals surface area contributed by atoms with E-state index in [1.165, 1.54) is 0 Å². The highest BCUT2D eigenvalue weighted by molar-refractivity contribution is 5.29. The van der Waals surface area contributed by atoms with Gasteiger partial charge in [-0.15, -0.1) is 0 Å². The lowest BCUT2D eigenvalue weighted by Crippen LogP contribution is -2.09. The molecule has 1 aliphatic rings. The van der Waals surface area contributed by atoms with E-state index in [4.69, 9.17) is 16.2 Å². The molecule has 76 valence electrons. The van der Waals surface area contributed by atoms with Crippen molar-refractivity contribution in [2.45, 2.75) is 32.0 Å². The lowest BCUT2D eigenvalue weighted by atomic mass is 10.2. The molecule has 4 heteroatoms. The molecule has 1 aliphatic carbocycles. The molecule has 1 aromatic heterocycles. The zero-order chi connectivity index (χ0) is 9.97. The minimum atomic E-state index is 0.395. The Hall–Kier alpha value is -1.13. The van der Waals surface area contributed by atoms with Crippen LogP contribution >= 0.6 is 0 Å². The topological polar surface area (TPSA) is 74.2 Å². The van der Waals surface area contributed by atoms with E-state index < -0.39 is 0 Å². The number of ether oxygens (including phenoxy) is 1. The van der Waals surface area contributed by atoms with Crippen LogP contribution in [0.3, 0.4) is 0 Å². The van der Waals surface area contributed by atoms with Crippen molar-refractivity contribution in [3.05, 3.63) is 23.5 Å². The molecule has 0 aromatic carbocycles. The number of aromatic nitrogens is 1. The standard InChI is InChI=1S/C10H15N3O/c11-4-7-3-9(14-8-1-2-8)6-13-10(7)5-12/h3,6,8H,1-2,4-5,11-12H2. The summed E-state index contributed by atoms with van der Waals surface area (Å²) in [6, 6.07) is 1.94. The first-order chi connectivity index (χ1) is 6.83. The Morgan fingerprint density at radius 2 is 2.14 bits per heavy atom. The second-order valence-electron chi connectivity index (χ2n) is 3.50. The summed E-state index contributed by atoms with van der Waals surface area (Å²) in [5.41, 5.74) is 13.0. The lowest BCUT2D eigenvalue weighted by molar-refractivity contribution is 0.301. The summed E-state index contributed by atoms with van der Waals surface area (Å²) in [5.74, 6) is 0.810. The zero-order valence-corrected chi connectivity index (χ0v) is 8.07. The smallest absolute Gasteiger partial charge is 0.138 e. The molecule has 4 N–H and O–H groups in total. The molecule has 0 atom stereocenters. The lowest BCUT2D eigenvalue weighted by Gasteiger charge is -2.08. The summed E-state index contributed by atoms with van der Waals surface area (Å²) >= 11 is 0. The Bertz CT molecular complexity index is 323. The SMILES string of the molecule is NCc1cc(OC2CC2)cnc1CN. The predicted octanol–water partition coefficient (Wildman–Crippen LogP) is 0.540. The van der Waals surface area contributed by atoms with Crippen LogP contribution in [0.5, 0.6) is 5.75 Å². The van der Waals surface area contributed by atoms with Crippen molar-refractivity contribution in [1.29, 1.82) is 0 Å². The van der Waals surface area contributed by atoms with Crippen LogP contribution in [0, 0.1) is 0 Å². The average Bonchev–Trinajstić information content (AvgIpc) is 3.01. The molecule has 1 aromatic rings. The molecule has 0 radical (unpaired) electrons. The Balaban J connectivity index is 2.16. The third kappa shape index (κ3) is 2.02. The average molecular weight is 193 g/mol. The van der Waals surface area contributed by atoms with Crippen LogP contribution in [0.25, 0.3) is 0 Å². The summed E-state index contributed by atoms with van der Waals surface area (Å²) in [4.78, 5) is 4.22. The molecule has 14 heavy (non-hydrogen) atoms. The van der Waals surface area contributed by atoms with E-state index in [1.54, 1.807) is 6.20 Å². The van der Waals surface area contributed by atoms with Crippen molar-refractivity contribution < 1.29 is 4.74 Å². The van der Waals surface area contributed by atoms with E-state index in [9.17, 15) is 0 Å². The molecule has 0 saturated heterocycles. The van der Waals surface area contributed by atoms with Crippen molar-refractivity contribution >= 4 is 0 Å². The molecule has 0 amide bonds. The van der Waals surface area contributed by atoms with Gasteiger partial charge in [-0.25, -0.2) is 0 Å². The molecule has 2 rings (SSSR count). The van der Waals surface area contributed by atoms with Crippen LogP contribution in [-0.4, -0.2) is 11.1 Å². The molecule has 1 saturated carbocycles. The van der Waals surface area contributed by atoms with Crippen molar-refractivity contribution in [3.63, 3.8) is 0 Å². The highest BCUT2D eigenvalue weighted by atomic mass is 16.5. The van der Waals surface area contributed by atoms with E-state index in [1.807, 2.05) is 6.07 Å². The van der Waals surface area contributed by atoms with Gasteiger partial charge in [-0.05, 0) is 24.5 Å². The molecule has 0 bridgehead atoms. The number of hydrogen-bond donors (Lipinski definition) is 2. The van der Waals surface area contributed by atoms with Crippen molar-refractivity contribution in [2.75, 3.05) is 0 Å². The van der Waals surface area contributed by atoms with E-state index in [2.05, 4.69) is 4.98 Å². The predicted molar refractivity (Wildman–Crippen MR) is 53.7 cm³/mol. The molecule has 0 spiro atoms. The van der Waals surface area contributed by atoms with E-state index in [-0.39, 0.29) is 0 Å².